The summed E-state index contributed by atoms with van der Waals surface area (Å²) in [6.07, 6.45) is 5.49. The molecule has 29 heavy (non-hydrogen) atoms. The molecule has 0 radical (unpaired) electrons. The van der Waals surface area contributed by atoms with Crippen LogP contribution >= 0.6 is 0 Å². The minimum Gasteiger partial charge on any atom is -0.490 e. The van der Waals surface area contributed by atoms with Gasteiger partial charge in [-0.05, 0) is 45.7 Å². The summed E-state index contributed by atoms with van der Waals surface area (Å²) in [5.41, 5.74) is 0.786. The second-order valence-electron chi connectivity index (χ2n) is 6.79. The second kappa shape index (κ2) is 10.5. The van der Waals surface area contributed by atoms with Crippen LogP contribution in [0.4, 0.5) is 0 Å². The molecule has 2 aromatic heterocycles. The van der Waals surface area contributed by atoms with E-state index in [0.29, 0.717) is 6.61 Å². The Balaban J connectivity index is 1.58. The highest BCUT2D eigenvalue weighted by Gasteiger charge is 2.15. The first-order chi connectivity index (χ1) is 14.2. The highest BCUT2D eigenvalue weighted by Crippen LogP contribution is 2.31. The van der Waals surface area contributed by atoms with Crippen LogP contribution in [0.15, 0.2) is 46.3 Å². The summed E-state index contributed by atoms with van der Waals surface area (Å²) in [4.78, 5) is 4.69. The van der Waals surface area contributed by atoms with Crippen molar-refractivity contribution in [3.05, 3.63) is 42.7 Å². The van der Waals surface area contributed by atoms with E-state index >= 15 is 0 Å². The molecule has 0 saturated heterocycles. The molecule has 3 aromatic rings. The maximum Gasteiger partial charge on any atom is 0.191 e. The fourth-order valence-electron chi connectivity index (χ4n) is 3.07. The van der Waals surface area contributed by atoms with Crippen molar-refractivity contribution >= 4 is 16.9 Å². The van der Waals surface area contributed by atoms with Gasteiger partial charge < -0.3 is 24.4 Å². The van der Waals surface area contributed by atoms with Crippen molar-refractivity contribution in [1.82, 2.24) is 25.4 Å². The van der Waals surface area contributed by atoms with Crippen molar-refractivity contribution in [2.75, 3.05) is 19.7 Å². The van der Waals surface area contributed by atoms with Crippen molar-refractivity contribution in [1.29, 1.82) is 0 Å². The van der Waals surface area contributed by atoms with E-state index in [2.05, 4.69) is 45.7 Å². The molecule has 2 N–H and O–H groups in total. The molecule has 0 spiro atoms. The van der Waals surface area contributed by atoms with E-state index in [1.165, 1.54) is 0 Å². The van der Waals surface area contributed by atoms with Crippen LogP contribution < -0.4 is 15.4 Å². The number of aliphatic imine (C=N–C) groups is 1. The van der Waals surface area contributed by atoms with E-state index in [-0.39, 0.29) is 6.04 Å². The average Bonchev–Trinajstić information content (AvgIpc) is 3.38. The quantitative estimate of drug-likeness (QED) is 0.309. The molecular weight excluding hydrogens is 368 g/mol. The Labute approximate surface area is 171 Å². The van der Waals surface area contributed by atoms with Gasteiger partial charge in [-0.25, -0.2) is 0 Å². The normalized spacial score (nSPS) is 12.9. The molecule has 8 nitrogen and oxygen atoms in total. The van der Waals surface area contributed by atoms with E-state index in [4.69, 9.17) is 9.15 Å². The van der Waals surface area contributed by atoms with Crippen LogP contribution in [-0.4, -0.2) is 40.4 Å². The van der Waals surface area contributed by atoms with Crippen LogP contribution in [0.2, 0.25) is 0 Å². The van der Waals surface area contributed by atoms with E-state index in [9.17, 15) is 0 Å². The molecule has 1 unspecified atom stereocenters. The van der Waals surface area contributed by atoms with Crippen molar-refractivity contribution in [2.45, 2.75) is 46.2 Å². The van der Waals surface area contributed by atoms with Crippen molar-refractivity contribution < 1.29 is 9.15 Å². The number of fused-ring (bicyclic) bond motifs is 1. The topological polar surface area (TPSA) is 89.5 Å². The molecule has 0 saturated carbocycles. The van der Waals surface area contributed by atoms with Gasteiger partial charge in [-0.1, -0.05) is 12.1 Å². The van der Waals surface area contributed by atoms with Crippen molar-refractivity contribution in [3.8, 4) is 5.75 Å². The Kier molecular flexibility index (Phi) is 7.49. The van der Waals surface area contributed by atoms with Crippen LogP contribution in [0.5, 0.6) is 5.75 Å². The van der Waals surface area contributed by atoms with Crippen LogP contribution in [0.1, 0.15) is 45.4 Å². The average molecular weight is 399 g/mol. The van der Waals surface area contributed by atoms with Gasteiger partial charge in [-0.15, -0.1) is 10.2 Å². The van der Waals surface area contributed by atoms with E-state index in [1.54, 1.807) is 12.7 Å². The number of aryl methyl sites for hydroxylation is 1. The molecule has 3 rings (SSSR count). The number of furan rings is 1. The first kappa shape index (κ1) is 20.7. The van der Waals surface area contributed by atoms with E-state index < -0.39 is 0 Å². The van der Waals surface area contributed by atoms with Gasteiger partial charge in [0.15, 0.2) is 17.3 Å². The third-order valence-electron chi connectivity index (χ3n) is 4.51. The number of hydrogen-bond acceptors (Lipinski definition) is 5. The number of guanidine groups is 1. The van der Waals surface area contributed by atoms with E-state index in [1.807, 2.05) is 29.7 Å². The van der Waals surface area contributed by atoms with E-state index in [0.717, 1.165) is 60.9 Å². The van der Waals surface area contributed by atoms with Crippen LogP contribution in [0.3, 0.4) is 0 Å². The van der Waals surface area contributed by atoms with Gasteiger partial charge in [0, 0.05) is 25.0 Å². The monoisotopic (exact) mass is 398 g/mol. The first-order valence-corrected chi connectivity index (χ1v) is 10.2. The summed E-state index contributed by atoms with van der Waals surface area (Å²) < 4.78 is 13.7. The molecular formula is C21H30N6O2. The highest BCUT2D eigenvalue weighted by atomic mass is 16.5. The predicted molar refractivity (Wildman–Crippen MR) is 114 cm³/mol. The standard InChI is InChI=1S/C21H30N6O2/c1-4-22-21(23-11-6-7-12-27-14-24-25-15-27)26-16(3)19-13-17-9-8-10-18(28-5-2)20(17)29-19/h8-10,13-16H,4-7,11-12H2,1-3H3,(H2,22,23,26). The molecule has 0 amide bonds. The summed E-state index contributed by atoms with van der Waals surface area (Å²) in [6, 6.07) is 7.98. The Morgan fingerprint density at radius 1 is 1.24 bits per heavy atom. The van der Waals surface area contributed by atoms with Gasteiger partial charge in [0.05, 0.1) is 12.6 Å². The largest absolute Gasteiger partial charge is 0.490 e. The van der Waals surface area contributed by atoms with Gasteiger partial charge in [0.25, 0.3) is 0 Å². The molecule has 1 atom stereocenters. The number of unbranched alkanes of at least 4 members (excludes halogenated alkanes) is 1. The van der Waals surface area contributed by atoms with Gasteiger partial charge in [0.2, 0.25) is 0 Å². The maximum atomic E-state index is 6.09. The predicted octanol–water partition coefficient (Wildman–Crippen LogP) is 3.52. The minimum absolute atomic E-state index is 0.0216. The number of para-hydroxylation sites is 1. The third kappa shape index (κ3) is 5.73. The second-order valence-corrected chi connectivity index (χ2v) is 6.79. The molecule has 0 aliphatic rings. The zero-order valence-electron chi connectivity index (χ0n) is 17.4. The molecule has 0 aliphatic carbocycles. The van der Waals surface area contributed by atoms with Crippen LogP contribution in [0, 0.1) is 0 Å². The van der Waals surface area contributed by atoms with Gasteiger partial charge in [-0.3, -0.25) is 4.99 Å². The number of hydrogen-bond donors (Lipinski definition) is 2. The third-order valence-corrected chi connectivity index (χ3v) is 4.51. The lowest BCUT2D eigenvalue weighted by Gasteiger charge is -2.16. The van der Waals surface area contributed by atoms with Gasteiger partial charge >= 0.3 is 0 Å². The molecule has 8 heteroatoms. The fraction of sp³-hybridized carbons (Fsp3) is 0.476. The smallest absolute Gasteiger partial charge is 0.191 e. The van der Waals surface area contributed by atoms with Crippen molar-refractivity contribution in [2.24, 2.45) is 4.99 Å². The lowest BCUT2D eigenvalue weighted by Crippen LogP contribution is -2.38. The summed E-state index contributed by atoms with van der Waals surface area (Å²) in [6.45, 7) is 9.16. The number of nitrogens with one attached hydrogen (secondary N) is 2. The molecule has 1 aromatic carbocycles. The van der Waals surface area contributed by atoms with Crippen LogP contribution in [0.25, 0.3) is 11.0 Å². The lowest BCUT2D eigenvalue weighted by atomic mass is 10.2. The van der Waals surface area contributed by atoms with Crippen molar-refractivity contribution in [3.63, 3.8) is 0 Å². The fourth-order valence-corrected chi connectivity index (χ4v) is 3.07. The number of ether oxygens (including phenoxy) is 1. The molecule has 0 fully saturated rings. The van der Waals surface area contributed by atoms with Crippen LogP contribution in [-0.2, 0) is 6.54 Å². The summed E-state index contributed by atoms with van der Waals surface area (Å²) in [5, 5.41) is 15.4. The Bertz CT molecular complexity index is 903. The number of rotatable bonds is 10. The molecule has 2 heterocycles. The zero-order chi connectivity index (χ0) is 20.5. The molecule has 156 valence electrons. The summed E-state index contributed by atoms with van der Waals surface area (Å²) >= 11 is 0. The zero-order valence-corrected chi connectivity index (χ0v) is 17.4. The van der Waals surface area contributed by atoms with Gasteiger partial charge in [-0.2, -0.15) is 0 Å². The van der Waals surface area contributed by atoms with Gasteiger partial charge in [0.1, 0.15) is 18.4 Å². The molecule has 0 bridgehead atoms. The first-order valence-electron chi connectivity index (χ1n) is 10.2. The number of aromatic nitrogens is 3. The highest BCUT2D eigenvalue weighted by molar-refractivity contribution is 5.84. The maximum absolute atomic E-state index is 6.09. The number of nitrogens with zero attached hydrogens (tertiary/aromatic N) is 4. The number of benzene rings is 1. The Morgan fingerprint density at radius 2 is 2.07 bits per heavy atom. The Hall–Kier alpha value is -3.03. The minimum atomic E-state index is -0.0216. The summed E-state index contributed by atoms with van der Waals surface area (Å²) in [5.74, 6) is 2.41. The SMILES string of the molecule is CCNC(=NCCCCn1cnnc1)NC(C)c1cc2cccc(OCC)c2o1. The molecule has 0 aliphatic heterocycles. The lowest BCUT2D eigenvalue weighted by molar-refractivity contribution is 0.336. The summed E-state index contributed by atoms with van der Waals surface area (Å²) in [7, 11) is 0. The Morgan fingerprint density at radius 3 is 2.83 bits per heavy atom.